The van der Waals surface area contributed by atoms with Crippen LogP contribution in [0.2, 0.25) is 0 Å². The van der Waals surface area contributed by atoms with Crippen LogP contribution in [-0.2, 0) is 10.0 Å². The number of primary sulfonamides is 1. The molecule has 1 aromatic rings. The highest BCUT2D eigenvalue weighted by atomic mass is 32.2. The Labute approximate surface area is 114 Å². The molecule has 0 heterocycles. The van der Waals surface area contributed by atoms with E-state index in [-0.39, 0.29) is 10.8 Å². The minimum atomic E-state index is -3.69. The number of hydrogen-bond acceptors (Lipinski definition) is 4. The second-order valence-electron chi connectivity index (χ2n) is 3.83. The Balaban J connectivity index is 0.000000982. The minimum Gasteiger partial charge on any atom is -0.352 e. The molecule has 7 heteroatoms. The van der Waals surface area contributed by atoms with Gasteiger partial charge >= 0.3 is 0 Å². The van der Waals surface area contributed by atoms with Crippen molar-refractivity contribution >= 4 is 15.9 Å². The third-order valence-corrected chi connectivity index (χ3v) is 2.91. The van der Waals surface area contributed by atoms with E-state index in [2.05, 4.69) is 10.6 Å². The Bertz CT molecular complexity index is 483. The first-order valence-corrected chi connectivity index (χ1v) is 7.41. The third-order valence-electron chi connectivity index (χ3n) is 1.98. The van der Waals surface area contributed by atoms with Gasteiger partial charge in [0.15, 0.2) is 0 Å². The molecule has 1 amide bonds. The molecular weight excluding hydrogens is 266 g/mol. The molecule has 0 bridgehead atoms. The standard InChI is InChI=1S/C10H14N2O3S.C2H7N/c1-2-7-12-10(13)8-3-5-9(6-4-8)16(11,14)15;1-3-2/h3-6H,2,7H2,1H3,(H,12,13)(H2,11,14,15);3H,1-2H3. The summed E-state index contributed by atoms with van der Waals surface area (Å²) in [7, 11) is 0.0561. The molecule has 0 atom stereocenters. The van der Waals surface area contributed by atoms with Gasteiger partial charge in [0.05, 0.1) is 4.90 Å². The molecule has 0 fully saturated rings. The van der Waals surface area contributed by atoms with Crippen molar-refractivity contribution in [3.05, 3.63) is 29.8 Å². The number of rotatable bonds is 4. The monoisotopic (exact) mass is 287 g/mol. The number of carbonyl (C=O) groups excluding carboxylic acids is 1. The second kappa shape index (κ2) is 8.63. The lowest BCUT2D eigenvalue weighted by Crippen LogP contribution is -2.24. The summed E-state index contributed by atoms with van der Waals surface area (Å²) < 4.78 is 21.9. The average molecular weight is 287 g/mol. The van der Waals surface area contributed by atoms with E-state index in [4.69, 9.17) is 5.14 Å². The molecule has 0 radical (unpaired) electrons. The van der Waals surface area contributed by atoms with Crippen LogP contribution < -0.4 is 15.8 Å². The Kier molecular flexibility index (Phi) is 7.97. The van der Waals surface area contributed by atoms with Crippen LogP contribution in [0, 0.1) is 0 Å². The highest BCUT2D eigenvalue weighted by molar-refractivity contribution is 7.89. The van der Waals surface area contributed by atoms with Crippen molar-refractivity contribution in [1.82, 2.24) is 10.6 Å². The van der Waals surface area contributed by atoms with Crippen molar-refractivity contribution in [3.8, 4) is 0 Å². The van der Waals surface area contributed by atoms with Gasteiger partial charge in [0.1, 0.15) is 0 Å². The summed E-state index contributed by atoms with van der Waals surface area (Å²) in [5.41, 5.74) is 0.417. The minimum absolute atomic E-state index is 0.000425. The van der Waals surface area contributed by atoms with E-state index in [0.29, 0.717) is 12.1 Å². The SMILES string of the molecule is CCCNC(=O)c1ccc(S(N)(=O)=O)cc1.CNC. The molecule has 0 aliphatic rings. The van der Waals surface area contributed by atoms with Crippen LogP contribution >= 0.6 is 0 Å². The molecule has 0 saturated carbocycles. The molecule has 4 N–H and O–H groups in total. The number of hydrogen-bond donors (Lipinski definition) is 3. The largest absolute Gasteiger partial charge is 0.352 e. The molecular formula is C12H21N3O3S. The van der Waals surface area contributed by atoms with Gasteiger partial charge in [-0.05, 0) is 44.8 Å². The number of amides is 1. The molecule has 1 aromatic carbocycles. The van der Waals surface area contributed by atoms with E-state index in [9.17, 15) is 13.2 Å². The van der Waals surface area contributed by atoms with Crippen molar-refractivity contribution < 1.29 is 13.2 Å². The first-order valence-electron chi connectivity index (χ1n) is 5.86. The van der Waals surface area contributed by atoms with Crippen LogP contribution in [0.25, 0.3) is 0 Å². The molecule has 0 aliphatic carbocycles. The maximum absolute atomic E-state index is 11.5. The molecule has 0 aromatic heterocycles. The van der Waals surface area contributed by atoms with E-state index >= 15 is 0 Å². The zero-order valence-corrected chi connectivity index (χ0v) is 12.3. The van der Waals surface area contributed by atoms with Gasteiger partial charge in [-0.25, -0.2) is 13.6 Å². The molecule has 108 valence electrons. The van der Waals surface area contributed by atoms with Gasteiger partial charge in [0, 0.05) is 12.1 Å². The summed E-state index contributed by atoms with van der Waals surface area (Å²) in [6, 6.07) is 5.50. The van der Waals surface area contributed by atoms with Gasteiger partial charge in [-0.15, -0.1) is 0 Å². The zero-order valence-electron chi connectivity index (χ0n) is 11.4. The first-order chi connectivity index (χ1) is 8.86. The number of nitrogens with one attached hydrogen (secondary N) is 2. The number of carbonyl (C=O) groups is 1. The maximum Gasteiger partial charge on any atom is 0.251 e. The molecule has 1 rings (SSSR count). The van der Waals surface area contributed by atoms with E-state index in [1.165, 1.54) is 24.3 Å². The lowest BCUT2D eigenvalue weighted by Gasteiger charge is -2.04. The maximum atomic E-state index is 11.5. The van der Waals surface area contributed by atoms with Crippen LogP contribution in [0.4, 0.5) is 0 Å². The fourth-order valence-corrected chi connectivity index (χ4v) is 1.65. The first kappa shape index (κ1) is 17.6. The van der Waals surface area contributed by atoms with Crippen LogP contribution in [0.15, 0.2) is 29.2 Å². The highest BCUT2D eigenvalue weighted by Gasteiger charge is 2.09. The lowest BCUT2D eigenvalue weighted by atomic mass is 10.2. The van der Waals surface area contributed by atoms with Gasteiger partial charge in [0.2, 0.25) is 10.0 Å². The summed E-state index contributed by atoms with van der Waals surface area (Å²) in [5, 5.41) is 10.4. The highest BCUT2D eigenvalue weighted by Crippen LogP contribution is 2.08. The Morgan fingerprint density at radius 3 is 2.05 bits per heavy atom. The van der Waals surface area contributed by atoms with E-state index in [1.807, 2.05) is 21.0 Å². The van der Waals surface area contributed by atoms with E-state index in [0.717, 1.165) is 6.42 Å². The van der Waals surface area contributed by atoms with Crippen molar-refractivity contribution in [3.63, 3.8) is 0 Å². The van der Waals surface area contributed by atoms with E-state index in [1.54, 1.807) is 0 Å². The number of sulfonamides is 1. The lowest BCUT2D eigenvalue weighted by molar-refractivity contribution is 0.0953. The Hall–Kier alpha value is -1.44. The van der Waals surface area contributed by atoms with Crippen molar-refractivity contribution in [1.29, 1.82) is 0 Å². The van der Waals surface area contributed by atoms with Crippen LogP contribution in [0.5, 0.6) is 0 Å². The van der Waals surface area contributed by atoms with Crippen molar-refractivity contribution in [2.45, 2.75) is 18.2 Å². The fourth-order valence-electron chi connectivity index (χ4n) is 1.14. The summed E-state index contributed by atoms with van der Waals surface area (Å²) >= 11 is 0. The van der Waals surface area contributed by atoms with Gasteiger partial charge in [-0.3, -0.25) is 4.79 Å². The van der Waals surface area contributed by atoms with Crippen molar-refractivity contribution in [2.24, 2.45) is 5.14 Å². The topological polar surface area (TPSA) is 101 Å². The summed E-state index contributed by atoms with van der Waals surface area (Å²) in [5.74, 6) is -0.220. The summed E-state index contributed by atoms with van der Waals surface area (Å²) in [4.78, 5) is 11.5. The predicted molar refractivity (Wildman–Crippen MR) is 75.4 cm³/mol. The third kappa shape index (κ3) is 6.90. The zero-order chi connectivity index (χ0) is 14.9. The molecule has 0 saturated heterocycles. The molecule has 0 spiro atoms. The summed E-state index contributed by atoms with van der Waals surface area (Å²) in [6.45, 7) is 2.54. The summed E-state index contributed by atoms with van der Waals surface area (Å²) in [6.07, 6.45) is 0.848. The van der Waals surface area contributed by atoms with Gasteiger partial charge in [-0.2, -0.15) is 0 Å². The van der Waals surface area contributed by atoms with E-state index < -0.39 is 10.0 Å². The fraction of sp³-hybridized carbons (Fsp3) is 0.417. The van der Waals surface area contributed by atoms with Crippen LogP contribution in [0.3, 0.4) is 0 Å². The normalized spacial score (nSPS) is 10.3. The van der Waals surface area contributed by atoms with Crippen molar-refractivity contribution in [2.75, 3.05) is 20.6 Å². The van der Waals surface area contributed by atoms with Crippen LogP contribution in [-0.4, -0.2) is 35.0 Å². The second-order valence-corrected chi connectivity index (χ2v) is 5.39. The number of nitrogens with two attached hydrogens (primary N) is 1. The molecule has 0 unspecified atom stereocenters. The number of benzene rings is 1. The molecule has 6 nitrogen and oxygen atoms in total. The predicted octanol–water partition coefficient (Wildman–Crippen LogP) is 0.309. The molecule has 19 heavy (non-hydrogen) atoms. The Morgan fingerprint density at radius 2 is 1.68 bits per heavy atom. The van der Waals surface area contributed by atoms with Crippen LogP contribution in [0.1, 0.15) is 23.7 Å². The van der Waals surface area contributed by atoms with Gasteiger partial charge in [-0.1, -0.05) is 6.92 Å². The van der Waals surface area contributed by atoms with Gasteiger partial charge < -0.3 is 10.6 Å². The quantitative estimate of drug-likeness (QED) is 0.741. The average Bonchev–Trinajstić information content (AvgIpc) is 2.36. The Morgan fingerprint density at radius 1 is 1.21 bits per heavy atom. The van der Waals surface area contributed by atoms with Gasteiger partial charge in [0.25, 0.3) is 5.91 Å². The smallest absolute Gasteiger partial charge is 0.251 e. The molecule has 0 aliphatic heterocycles.